The average molecular weight is 293 g/mol. The van der Waals surface area contributed by atoms with Crippen molar-refractivity contribution in [3.63, 3.8) is 0 Å². The third kappa shape index (κ3) is 2.68. The Balaban J connectivity index is 1.79. The van der Waals surface area contributed by atoms with Gasteiger partial charge in [-0.15, -0.1) is 11.3 Å². The molecule has 3 heteroatoms. The molecule has 1 saturated carbocycles. The molecule has 3 rings (SSSR count). The van der Waals surface area contributed by atoms with E-state index in [9.17, 15) is 0 Å². The lowest BCUT2D eigenvalue weighted by atomic mass is 9.70. The van der Waals surface area contributed by atoms with Crippen LogP contribution in [0.5, 0.6) is 0 Å². The Morgan fingerprint density at radius 3 is 2.95 bits per heavy atom. The van der Waals surface area contributed by atoms with Crippen molar-refractivity contribution >= 4 is 11.3 Å². The van der Waals surface area contributed by atoms with Crippen molar-refractivity contribution in [2.24, 2.45) is 5.92 Å². The zero-order chi connectivity index (χ0) is 14.0. The van der Waals surface area contributed by atoms with Gasteiger partial charge in [0.25, 0.3) is 0 Å². The molecule has 20 heavy (non-hydrogen) atoms. The minimum absolute atomic E-state index is 0.250. The van der Waals surface area contributed by atoms with E-state index in [2.05, 4.69) is 30.6 Å². The maximum absolute atomic E-state index is 6.11. The molecule has 0 amide bonds. The normalized spacial score (nSPS) is 26.4. The van der Waals surface area contributed by atoms with Crippen LogP contribution >= 0.6 is 11.3 Å². The molecule has 2 heterocycles. The van der Waals surface area contributed by atoms with Gasteiger partial charge in [0.05, 0.1) is 5.60 Å². The van der Waals surface area contributed by atoms with Crippen molar-refractivity contribution < 1.29 is 4.74 Å². The van der Waals surface area contributed by atoms with Gasteiger partial charge in [-0.05, 0) is 68.0 Å². The highest BCUT2D eigenvalue weighted by molar-refractivity contribution is 7.10. The molecule has 1 N–H and O–H groups in total. The molecule has 1 aliphatic carbocycles. The molecule has 2 atom stereocenters. The first kappa shape index (κ1) is 14.6. The van der Waals surface area contributed by atoms with Gasteiger partial charge in [0, 0.05) is 17.5 Å². The number of nitrogens with one attached hydrogen (secondary N) is 1. The number of ether oxygens (including phenoxy) is 1. The standard InChI is InChI=1S/C17H27NOS/c1-3-13-7-11-20-16(13)15(18-4-2)14-6-10-19-17(12-14)8-5-9-17/h7,11,14-15,18H,3-6,8-10,12H2,1-2H3. The third-order valence-electron chi connectivity index (χ3n) is 5.14. The van der Waals surface area contributed by atoms with Gasteiger partial charge in [0.1, 0.15) is 0 Å². The topological polar surface area (TPSA) is 21.3 Å². The zero-order valence-corrected chi connectivity index (χ0v) is 13.6. The Labute approximate surface area is 126 Å². The summed E-state index contributed by atoms with van der Waals surface area (Å²) in [6, 6.07) is 2.85. The largest absolute Gasteiger partial charge is 0.375 e. The number of hydrogen-bond donors (Lipinski definition) is 1. The number of aryl methyl sites for hydroxylation is 1. The van der Waals surface area contributed by atoms with Crippen molar-refractivity contribution in [3.8, 4) is 0 Å². The first-order chi connectivity index (χ1) is 9.78. The lowest BCUT2D eigenvalue weighted by Crippen LogP contribution is -2.48. The molecule has 0 bridgehead atoms. The van der Waals surface area contributed by atoms with Crippen molar-refractivity contribution in [1.29, 1.82) is 0 Å². The van der Waals surface area contributed by atoms with Crippen LogP contribution in [-0.4, -0.2) is 18.8 Å². The highest BCUT2D eigenvalue weighted by atomic mass is 32.1. The molecule has 2 unspecified atom stereocenters. The minimum atomic E-state index is 0.250. The van der Waals surface area contributed by atoms with Crippen LogP contribution in [0, 0.1) is 5.92 Å². The molecular formula is C17H27NOS. The Morgan fingerprint density at radius 2 is 2.30 bits per heavy atom. The van der Waals surface area contributed by atoms with Gasteiger partial charge in [0.15, 0.2) is 0 Å². The molecule has 0 aromatic carbocycles. The Kier molecular flexibility index (Phi) is 4.49. The van der Waals surface area contributed by atoms with Gasteiger partial charge < -0.3 is 10.1 Å². The summed E-state index contributed by atoms with van der Waals surface area (Å²) in [6.45, 7) is 6.51. The molecule has 2 fully saturated rings. The summed E-state index contributed by atoms with van der Waals surface area (Å²) in [5.74, 6) is 0.743. The fourth-order valence-corrected chi connectivity index (χ4v) is 5.04. The molecule has 0 radical (unpaired) electrons. The van der Waals surface area contributed by atoms with E-state index >= 15 is 0 Å². The maximum Gasteiger partial charge on any atom is 0.0686 e. The Bertz CT molecular complexity index is 438. The van der Waals surface area contributed by atoms with Gasteiger partial charge in [0.2, 0.25) is 0 Å². The van der Waals surface area contributed by atoms with Gasteiger partial charge in [-0.2, -0.15) is 0 Å². The summed E-state index contributed by atoms with van der Waals surface area (Å²) >= 11 is 1.94. The molecule has 2 aliphatic rings. The minimum Gasteiger partial charge on any atom is -0.375 e. The van der Waals surface area contributed by atoms with E-state index in [1.165, 1.54) is 37.7 Å². The number of hydrogen-bond acceptors (Lipinski definition) is 3. The molecule has 112 valence electrons. The smallest absolute Gasteiger partial charge is 0.0686 e. The van der Waals surface area contributed by atoms with E-state index in [1.54, 1.807) is 4.88 Å². The summed E-state index contributed by atoms with van der Waals surface area (Å²) in [6.07, 6.45) is 7.54. The van der Waals surface area contributed by atoms with Crippen molar-refractivity contribution in [1.82, 2.24) is 5.32 Å². The van der Waals surface area contributed by atoms with Crippen LogP contribution in [0.1, 0.15) is 62.4 Å². The SMILES string of the molecule is CCNC(c1sccc1CC)C1CCOC2(CCC2)C1. The molecule has 1 aromatic heterocycles. The van der Waals surface area contributed by atoms with Crippen LogP contribution in [0.4, 0.5) is 0 Å². The molecule has 1 aliphatic heterocycles. The quantitative estimate of drug-likeness (QED) is 0.873. The van der Waals surface area contributed by atoms with Crippen LogP contribution in [-0.2, 0) is 11.2 Å². The van der Waals surface area contributed by atoms with Gasteiger partial charge in [-0.25, -0.2) is 0 Å². The van der Waals surface area contributed by atoms with Gasteiger partial charge in [-0.1, -0.05) is 13.8 Å². The molecule has 2 nitrogen and oxygen atoms in total. The first-order valence-electron chi connectivity index (χ1n) is 8.21. The summed E-state index contributed by atoms with van der Waals surface area (Å²) in [5.41, 5.74) is 1.79. The maximum atomic E-state index is 6.11. The molecular weight excluding hydrogens is 266 g/mol. The van der Waals surface area contributed by atoms with E-state index in [1.807, 2.05) is 11.3 Å². The predicted octanol–water partition coefficient (Wildman–Crippen LogP) is 4.31. The average Bonchev–Trinajstić information content (AvgIpc) is 2.91. The highest BCUT2D eigenvalue weighted by Gasteiger charge is 2.44. The van der Waals surface area contributed by atoms with Crippen LogP contribution < -0.4 is 5.32 Å². The van der Waals surface area contributed by atoms with Crippen LogP contribution in [0.3, 0.4) is 0 Å². The fraction of sp³-hybridized carbons (Fsp3) is 0.765. The molecule has 1 saturated heterocycles. The van der Waals surface area contributed by atoms with E-state index in [0.717, 1.165) is 25.5 Å². The lowest BCUT2D eigenvalue weighted by molar-refractivity contribution is -0.147. The monoisotopic (exact) mass is 293 g/mol. The van der Waals surface area contributed by atoms with Gasteiger partial charge >= 0.3 is 0 Å². The van der Waals surface area contributed by atoms with Crippen molar-refractivity contribution in [2.45, 2.75) is 64.0 Å². The second kappa shape index (κ2) is 6.17. The molecule has 1 aromatic rings. The predicted molar refractivity (Wildman–Crippen MR) is 85.4 cm³/mol. The van der Waals surface area contributed by atoms with E-state index in [0.29, 0.717) is 6.04 Å². The second-order valence-corrected chi connectivity index (χ2v) is 7.28. The third-order valence-corrected chi connectivity index (χ3v) is 6.18. The van der Waals surface area contributed by atoms with Crippen molar-refractivity contribution in [2.75, 3.05) is 13.2 Å². The summed E-state index contributed by atoms with van der Waals surface area (Å²) in [5, 5.41) is 6.03. The van der Waals surface area contributed by atoms with Gasteiger partial charge in [-0.3, -0.25) is 0 Å². The Morgan fingerprint density at radius 1 is 1.45 bits per heavy atom. The Hall–Kier alpha value is -0.380. The summed E-state index contributed by atoms with van der Waals surface area (Å²) in [4.78, 5) is 1.58. The van der Waals surface area contributed by atoms with E-state index < -0.39 is 0 Å². The van der Waals surface area contributed by atoms with Crippen LogP contribution in [0.15, 0.2) is 11.4 Å². The zero-order valence-electron chi connectivity index (χ0n) is 12.8. The number of rotatable bonds is 5. The fourth-order valence-electron chi connectivity index (χ4n) is 3.88. The first-order valence-corrected chi connectivity index (χ1v) is 9.09. The van der Waals surface area contributed by atoms with E-state index in [4.69, 9.17) is 4.74 Å². The van der Waals surface area contributed by atoms with E-state index in [-0.39, 0.29) is 5.60 Å². The number of thiophene rings is 1. The lowest BCUT2D eigenvalue weighted by Gasteiger charge is -2.49. The summed E-state index contributed by atoms with van der Waals surface area (Å²) in [7, 11) is 0. The second-order valence-electron chi connectivity index (χ2n) is 6.34. The van der Waals surface area contributed by atoms with Crippen molar-refractivity contribution in [3.05, 3.63) is 21.9 Å². The van der Waals surface area contributed by atoms with Crippen LogP contribution in [0.2, 0.25) is 0 Å². The van der Waals surface area contributed by atoms with Crippen LogP contribution in [0.25, 0.3) is 0 Å². The highest BCUT2D eigenvalue weighted by Crippen LogP contribution is 2.48. The molecule has 1 spiro atoms. The summed E-state index contributed by atoms with van der Waals surface area (Å²) < 4.78 is 6.11.